The number of benzene rings is 1. The summed E-state index contributed by atoms with van der Waals surface area (Å²) in [5.41, 5.74) is 1.11. The summed E-state index contributed by atoms with van der Waals surface area (Å²) >= 11 is 3.49. The predicted octanol–water partition coefficient (Wildman–Crippen LogP) is 3.64. The Hall–Kier alpha value is -1.25. The summed E-state index contributed by atoms with van der Waals surface area (Å²) in [7, 11) is 1.60. The van der Waals surface area contributed by atoms with Crippen LogP contribution in [0.5, 0.6) is 11.5 Å². The molecule has 0 aliphatic carbocycles. The van der Waals surface area contributed by atoms with E-state index in [9.17, 15) is 0 Å². The first-order valence-corrected chi connectivity index (χ1v) is 7.58. The van der Waals surface area contributed by atoms with Gasteiger partial charge in [-0.05, 0) is 53.0 Å². The molecule has 1 unspecified atom stereocenters. The second-order valence-electron chi connectivity index (χ2n) is 4.43. The van der Waals surface area contributed by atoms with Crippen LogP contribution in [0.15, 0.2) is 16.6 Å². The van der Waals surface area contributed by atoms with E-state index in [1.165, 1.54) is 0 Å². The number of hydrogen-bond acceptors (Lipinski definition) is 4. The van der Waals surface area contributed by atoms with Gasteiger partial charge in [0.1, 0.15) is 6.07 Å². The Bertz CT molecular complexity index is 472. The molecule has 0 aromatic heterocycles. The number of methoxy groups -OCH3 is 1. The molecule has 0 amide bonds. The maximum Gasteiger partial charge on any atom is 0.184 e. The van der Waals surface area contributed by atoms with Gasteiger partial charge in [0, 0.05) is 6.54 Å². The number of rotatable bonds is 8. The first kappa shape index (κ1) is 16.8. The minimum Gasteiger partial charge on any atom is -0.493 e. The topological polar surface area (TPSA) is 54.3 Å². The van der Waals surface area contributed by atoms with Crippen molar-refractivity contribution in [1.29, 1.82) is 5.26 Å². The largest absolute Gasteiger partial charge is 0.493 e. The summed E-state index contributed by atoms with van der Waals surface area (Å²) in [5.74, 6) is 1.22. The highest BCUT2D eigenvalue weighted by Crippen LogP contribution is 2.37. The van der Waals surface area contributed by atoms with Crippen molar-refractivity contribution in [3.05, 3.63) is 22.2 Å². The van der Waals surface area contributed by atoms with Gasteiger partial charge in [0.25, 0.3) is 0 Å². The van der Waals surface area contributed by atoms with Crippen LogP contribution in [0.3, 0.4) is 0 Å². The lowest BCUT2D eigenvalue weighted by Gasteiger charge is -2.17. The Balaban J connectivity index is 2.93. The molecule has 0 aliphatic heterocycles. The van der Waals surface area contributed by atoms with Crippen LogP contribution in [0.1, 0.15) is 32.3 Å². The van der Waals surface area contributed by atoms with E-state index in [0.29, 0.717) is 17.9 Å². The van der Waals surface area contributed by atoms with Crippen LogP contribution in [-0.2, 0) is 6.54 Å². The van der Waals surface area contributed by atoms with Gasteiger partial charge < -0.3 is 14.8 Å². The smallest absolute Gasteiger partial charge is 0.184 e. The van der Waals surface area contributed by atoms with E-state index < -0.39 is 6.10 Å². The summed E-state index contributed by atoms with van der Waals surface area (Å²) < 4.78 is 11.9. The maximum absolute atomic E-state index is 9.00. The molecular formula is C15H21BrN2O2. The third-order valence-corrected chi connectivity index (χ3v) is 3.41. The van der Waals surface area contributed by atoms with Crippen LogP contribution in [0, 0.1) is 11.3 Å². The molecule has 0 radical (unpaired) electrons. The Morgan fingerprint density at radius 3 is 2.70 bits per heavy atom. The van der Waals surface area contributed by atoms with Crippen LogP contribution < -0.4 is 14.8 Å². The van der Waals surface area contributed by atoms with E-state index >= 15 is 0 Å². The monoisotopic (exact) mass is 340 g/mol. The van der Waals surface area contributed by atoms with Gasteiger partial charge in [0.05, 0.1) is 11.6 Å². The van der Waals surface area contributed by atoms with Gasteiger partial charge in [-0.2, -0.15) is 5.26 Å². The van der Waals surface area contributed by atoms with Crippen molar-refractivity contribution < 1.29 is 9.47 Å². The van der Waals surface area contributed by atoms with Crippen LogP contribution >= 0.6 is 15.9 Å². The fourth-order valence-corrected chi connectivity index (χ4v) is 2.33. The molecule has 0 saturated carbocycles. The minimum absolute atomic E-state index is 0.468. The quantitative estimate of drug-likeness (QED) is 0.734. The average molecular weight is 341 g/mol. The second kappa shape index (κ2) is 8.83. The molecule has 1 N–H and O–H groups in total. The zero-order valence-corrected chi connectivity index (χ0v) is 13.8. The third kappa shape index (κ3) is 4.69. The molecule has 110 valence electrons. The van der Waals surface area contributed by atoms with Crippen molar-refractivity contribution in [3.8, 4) is 17.6 Å². The molecular weight excluding hydrogens is 320 g/mol. The van der Waals surface area contributed by atoms with Gasteiger partial charge in [-0.3, -0.25) is 0 Å². The van der Waals surface area contributed by atoms with Crippen molar-refractivity contribution in [2.75, 3.05) is 13.7 Å². The van der Waals surface area contributed by atoms with Gasteiger partial charge in [-0.25, -0.2) is 0 Å². The van der Waals surface area contributed by atoms with Gasteiger partial charge in [-0.15, -0.1) is 0 Å². The molecule has 0 bridgehead atoms. The summed E-state index contributed by atoms with van der Waals surface area (Å²) in [6, 6.07) is 6.05. The molecule has 20 heavy (non-hydrogen) atoms. The normalized spacial score (nSPS) is 11.8. The van der Waals surface area contributed by atoms with Gasteiger partial charge in [-0.1, -0.05) is 13.8 Å². The standard InChI is InChI=1S/C15H21BrN2O2/c1-4-6-18-10-11-7-13(16)15(14(8-11)19-3)20-12(5-2)9-17/h7-8,12,18H,4-6,10H2,1-3H3. The number of nitriles is 1. The third-order valence-electron chi connectivity index (χ3n) is 2.82. The van der Waals surface area contributed by atoms with Crippen LogP contribution in [0.2, 0.25) is 0 Å². The molecule has 1 aromatic carbocycles. The first-order valence-electron chi connectivity index (χ1n) is 6.79. The average Bonchev–Trinajstić information content (AvgIpc) is 2.46. The number of halogens is 1. The Kier molecular flexibility index (Phi) is 7.42. The Labute approximate surface area is 129 Å². The van der Waals surface area contributed by atoms with Crippen LogP contribution in [0.4, 0.5) is 0 Å². The lowest BCUT2D eigenvalue weighted by molar-refractivity contribution is 0.237. The molecule has 0 aliphatic rings. The Morgan fingerprint density at radius 1 is 1.40 bits per heavy atom. The lowest BCUT2D eigenvalue weighted by atomic mass is 10.2. The first-order chi connectivity index (χ1) is 9.65. The zero-order valence-electron chi connectivity index (χ0n) is 12.2. The molecule has 0 saturated heterocycles. The summed E-state index contributed by atoms with van der Waals surface area (Å²) in [4.78, 5) is 0. The Morgan fingerprint density at radius 2 is 2.15 bits per heavy atom. The zero-order chi connectivity index (χ0) is 15.0. The summed E-state index contributed by atoms with van der Waals surface area (Å²) in [6.07, 6.45) is 1.26. The highest BCUT2D eigenvalue weighted by Gasteiger charge is 2.15. The molecule has 5 heteroatoms. The van der Waals surface area contributed by atoms with Crippen molar-refractivity contribution in [2.45, 2.75) is 39.3 Å². The number of ether oxygens (including phenoxy) is 2. The number of nitrogens with one attached hydrogen (secondary N) is 1. The van der Waals surface area contributed by atoms with E-state index in [0.717, 1.165) is 29.5 Å². The summed E-state index contributed by atoms with van der Waals surface area (Å²) in [5, 5.41) is 12.3. The lowest BCUT2D eigenvalue weighted by Crippen LogP contribution is -2.15. The second-order valence-corrected chi connectivity index (χ2v) is 5.28. The minimum atomic E-state index is -0.468. The van der Waals surface area contributed by atoms with Crippen molar-refractivity contribution >= 4 is 15.9 Å². The molecule has 4 nitrogen and oxygen atoms in total. The van der Waals surface area contributed by atoms with Crippen molar-refractivity contribution in [2.24, 2.45) is 0 Å². The molecule has 0 fully saturated rings. The maximum atomic E-state index is 9.00. The van der Waals surface area contributed by atoms with E-state index in [1.54, 1.807) is 7.11 Å². The molecule has 1 aromatic rings. The van der Waals surface area contributed by atoms with Gasteiger partial charge in [0.2, 0.25) is 0 Å². The van der Waals surface area contributed by atoms with E-state index in [-0.39, 0.29) is 0 Å². The van der Waals surface area contributed by atoms with Crippen LogP contribution in [-0.4, -0.2) is 19.8 Å². The molecule has 1 atom stereocenters. The van der Waals surface area contributed by atoms with E-state index in [1.807, 2.05) is 19.1 Å². The SMILES string of the molecule is CCCNCc1cc(Br)c(OC(C#N)CC)c(OC)c1. The molecule has 0 heterocycles. The summed E-state index contributed by atoms with van der Waals surface area (Å²) in [6.45, 7) is 5.80. The number of nitrogens with zero attached hydrogens (tertiary/aromatic N) is 1. The predicted molar refractivity (Wildman–Crippen MR) is 83.0 cm³/mol. The molecule has 1 rings (SSSR count). The highest BCUT2D eigenvalue weighted by atomic mass is 79.9. The number of hydrogen-bond donors (Lipinski definition) is 1. The van der Waals surface area contributed by atoms with Crippen LogP contribution in [0.25, 0.3) is 0 Å². The fourth-order valence-electron chi connectivity index (χ4n) is 1.74. The van der Waals surface area contributed by atoms with Crippen molar-refractivity contribution in [1.82, 2.24) is 5.32 Å². The molecule has 0 spiro atoms. The van der Waals surface area contributed by atoms with Crippen molar-refractivity contribution in [3.63, 3.8) is 0 Å². The highest BCUT2D eigenvalue weighted by molar-refractivity contribution is 9.10. The fraction of sp³-hybridized carbons (Fsp3) is 0.533. The van der Waals surface area contributed by atoms with Gasteiger partial charge in [0.15, 0.2) is 17.6 Å². The van der Waals surface area contributed by atoms with Gasteiger partial charge >= 0.3 is 0 Å². The van der Waals surface area contributed by atoms with E-state index in [2.05, 4.69) is 34.2 Å². The van der Waals surface area contributed by atoms with E-state index in [4.69, 9.17) is 14.7 Å².